The molecule has 19 heavy (non-hydrogen) atoms. The molecule has 2 unspecified atom stereocenters. The van der Waals surface area contributed by atoms with Crippen molar-refractivity contribution in [3.05, 3.63) is 11.6 Å². The van der Waals surface area contributed by atoms with Gasteiger partial charge >= 0.3 is 12.0 Å². The first-order chi connectivity index (χ1) is 9.00. The number of aliphatic carboxylic acids is 1. The Balaban J connectivity index is 2.49. The fourth-order valence-corrected chi connectivity index (χ4v) is 2.34. The predicted octanol–water partition coefficient (Wildman–Crippen LogP) is 2.29. The molecule has 5 nitrogen and oxygen atoms in total. The maximum Gasteiger partial charge on any atom is 0.315 e. The van der Waals surface area contributed by atoms with Crippen LogP contribution >= 0.6 is 0 Å². The molecule has 0 saturated heterocycles. The lowest BCUT2D eigenvalue weighted by Crippen LogP contribution is -2.47. The number of rotatable bonds is 4. The molecule has 3 N–H and O–H groups in total. The summed E-state index contributed by atoms with van der Waals surface area (Å²) in [6.07, 6.45) is 6.25. The Labute approximate surface area is 114 Å². The fraction of sp³-hybridized carbons (Fsp3) is 0.714. The van der Waals surface area contributed by atoms with Crippen molar-refractivity contribution in [1.82, 2.24) is 10.6 Å². The van der Waals surface area contributed by atoms with E-state index in [0.717, 1.165) is 31.3 Å². The van der Waals surface area contributed by atoms with Crippen LogP contribution in [0.25, 0.3) is 0 Å². The van der Waals surface area contributed by atoms with Gasteiger partial charge in [-0.25, -0.2) is 4.79 Å². The molecule has 2 amide bonds. The molecule has 0 radical (unpaired) electrons. The summed E-state index contributed by atoms with van der Waals surface area (Å²) in [5.41, 5.74) is 1.14. The van der Waals surface area contributed by atoms with Crippen molar-refractivity contribution in [2.75, 3.05) is 6.54 Å². The Hall–Kier alpha value is -1.52. The van der Waals surface area contributed by atoms with Gasteiger partial charge in [0.2, 0.25) is 0 Å². The van der Waals surface area contributed by atoms with Gasteiger partial charge in [0.15, 0.2) is 0 Å². The van der Waals surface area contributed by atoms with Crippen LogP contribution in [0.3, 0.4) is 0 Å². The molecule has 1 aliphatic rings. The molecular weight excluding hydrogens is 244 g/mol. The second-order valence-electron chi connectivity index (χ2n) is 5.33. The molecule has 0 spiro atoms. The van der Waals surface area contributed by atoms with Crippen molar-refractivity contribution in [1.29, 1.82) is 0 Å². The number of carboxylic acids is 1. The van der Waals surface area contributed by atoms with E-state index in [-0.39, 0.29) is 12.1 Å². The lowest BCUT2D eigenvalue weighted by atomic mass is 9.95. The zero-order valence-electron chi connectivity index (χ0n) is 11.7. The highest BCUT2D eigenvalue weighted by Gasteiger charge is 2.30. The number of hydrogen-bond donors (Lipinski definition) is 3. The standard InChI is InChI=1S/C14H24N2O3/c1-10(2)8-9-15-14(19)16-12-7-5-3-4-6-11(12)13(17)18/h8,11-12H,3-7,9H2,1-2H3,(H,17,18)(H2,15,16,19). The molecule has 0 aliphatic heterocycles. The molecule has 0 aromatic carbocycles. The highest BCUT2D eigenvalue weighted by atomic mass is 16.4. The third-order valence-corrected chi connectivity index (χ3v) is 3.42. The topological polar surface area (TPSA) is 78.4 Å². The lowest BCUT2D eigenvalue weighted by Gasteiger charge is -2.22. The Morgan fingerprint density at radius 3 is 2.53 bits per heavy atom. The molecule has 1 rings (SSSR count). The van der Waals surface area contributed by atoms with Crippen LogP contribution in [0.5, 0.6) is 0 Å². The van der Waals surface area contributed by atoms with E-state index in [1.54, 1.807) is 0 Å². The van der Waals surface area contributed by atoms with Crippen LogP contribution in [-0.4, -0.2) is 29.7 Å². The van der Waals surface area contributed by atoms with Crippen LogP contribution in [0.1, 0.15) is 46.0 Å². The molecule has 108 valence electrons. The Morgan fingerprint density at radius 1 is 1.21 bits per heavy atom. The molecule has 5 heteroatoms. The first-order valence-corrected chi connectivity index (χ1v) is 6.91. The van der Waals surface area contributed by atoms with E-state index in [4.69, 9.17) is 0 Å². The van der Waals surface area contributed by atoms with Gasteiger partial charge in [0.05, 0.1) is 5.92 Å². The summed E-state index contributed by atoms with van der Waals surface area (Å²) in [4.78, 5) is 22.9. The summed E-state index contributed by atoms with van der Waals surface area (Å²) in [6.45, 7) is 4.40. The monoisotopic (exact) mass is 268 g/mol. The van der Waals surface area contributed by atoms with Crippen LogP contribution in [0.4, 0.5) is 4.79 Å². The summed E-state index contributed by atoms with van der Waals surface area (Å²) >= 11 is 0. The fourth-order valence-electron chi connectivity index (χ4n) is 2.34. The van der Waals surface area contributed by atoms with Crippen molar-refractivity contribution in [3.63, 3.8) is 0 Å². The number of urea groups is 1. The number of carbonyl (C=O) groups is 2. The summed E-state index contributed by atoms with van der Waals surface area (Å²) in [5.74, 6) is -1.27. The summed E-state index contributed by atoms with van der Waals surface area (Å²) in [6, 6.07) is -0.539. The minimum atomic E-state index is -0.809. The normalized spacial score (nSPS) is 23.1. The molecule has 1 aliphatic carbocycles. The van der Waals surface area contributed by atoms with Crippen molar-refractivity contribution >= 4 is 12.0 Å². The molecule has 2 atom stereocenters. The second kappa shape index (κ2) is 7.81. The third-order valence-electron chi connectivity index (χ3n) is 3.42. The number of amides is 2. The smallest absolute Gasteiger partial charge is 0.315 e. The van der Waals surface area contributed by atoms with Crippen molar-refractivity contribution < 1.29 is 14.7 Å². The van der Waals surface area contributed by atoms with Gasteiger partial charge in [-0.15, -0.1) is 0 Å². The summed E-state index contributed by atoms with van der Waals surface area (Å²) < 4.78 is 0. The number of carbonyl (C=O) groups excluding carboxylic acids is 1. The highest BCUT2D eigenvalue weighted by molar-refractivity contribution is 5.76. The number of allylic oxidation sites excluding steroid dienone is 1. The van der Waals surface area contributed by atoms with E-state index in [0.29, 0.717) is 13.0 Å². The van der Waals surface area contributed by atoms with Crippen LogP contribution < -0.4 is 10.6 Å². The number of carboxylic acid groups (broad SMARTS) is 1. The predicted molar refractivity (Wildman–Crippen MR) is 74.0 cm³/mol. The van der Waals surface area contributed by atoms with Crippen LogP contribution in [0, 0.1) is 5.92 Å². The lowest BCUT2D eigenvalue weighted by molar-refractivity contribution is -0.142. The molecule has 1 saturated carbocycles. The largest absolute Gasteiger partial charge is 0.481 e. The first kappa shape index (κ1) is 15.5. The summed E-state index contributed by atoms with van der Waals surface area (Å²) in [5, 5.41) is 14.7. The second-order valence-corrected chi connectivity index (χ2v) is 5.33. The number of nitrogens with one attached hydrogen (secondary N) is 2. The molecule has 0 bridgehead atoms. The van der Waals surface area contributed by atoms with Crippen molar-refractivity contribution in [2.45, 2.75) is 52.0 Å². The average molecular weight is 268 g/mol. The van der Waals surface area contributed by atoms with E-state index in [2.05, 4.69) is 10.6 Å². The minimum Gasteiger partial charge on any atom is -0.481 e. The van der Waals surface area contributed by atoms with Gasteiger partial charge in [-0.1, -0.05) is 30.9 Å². The van der Waals surface area contributed by atoms with E-state index in [1.807, 2.05) is 19.9 Å². The van der Waals surface area contributed by atoms with Crippen LogP contribution in [-0.2, 0) is 4.79 Å². The Kier molecular flexibility index (Phi) is 6.39. The Morgan fingerprint density at radius 2 is 1.89 bits per heavy atom. The quantitative estimate of drug-likeness (QED) is 0.540. The van der Waals surface area contributed by atoms with Crippen LogP contribution in [0.15, 0.2) is 11.6 Å². The SMILES string of the molecule is CC(C)=CCNC(=O)NC1CCCCCC1C(=O)O. The van der Waals surface area contributed by atoms with E-state index in [1.165, 1.54) is 0 Å². The average Bonchev–Trinajstić information content (AvgIpc) is 2.53. The van der Waals surface area contributed by atoms with Gasteiger partial charge in [-0.3, -0.25) is 4.79 Å². The van der Waals surface area contributed by atoms with E-state index in [9.17, 15) is 14.7 Å². The first-order valence-electron chi connectivity index (χ1n) is 6.91. The molecule has 0 aromatic rings. The molecule has 0 heterocycles. The zero-order valence-corrected chi connectivity index (χ0v) is 11.7. The van der Waals surface area contributed by atoms with Gasteiger partial charge in [0.25, 0.3) is 0 Å². The van der Waals surface area contributed by atoms with Crippen LogP contribution in [0.2, 0.25) is 0 Å². The maximum absolute atomic E-state index is 11.7. The van der Waals surface area contributed by atoms with E-state index >= 15 is 0 Å². The molecular formula is C14H24N2O3. The molecule has 1 fully saturated rings. The highest BCUT2D eigenvalue weighted by Crippen LogP contribution is 2.23. The molecule has 0 aromatic heterocycles. The minimum absolute atomic E-state index is 0.258. The maximum atomic E-state index is 11.7. The number of hydrogen-bond acceptors (Lipinski definition) is 2. The zero-order chi connectivity index (χ0) is 14.3. The summed E-state index contributed by atoms with van der Waals surface area (Å²) in [7, 11) is 0. The van der Waals surface area contributed by atoms with E-state index < -0.39 is 11.9 Å². The van der Waals surface area contributed by atoms with Gasteiger partial charge in [-0.2, -0.15) is 0 Å². The van der Waals surface area contributed by atoms with Gasteiger partial charge in [0.1, 0.15) is 0 Å². The van der Waals surface area contributed by atoms with Crippen molar-refractivity contribution in [2.24, 2.45) is 5.92 Å². The third kappa shape index (κ3) is 5.77. The Bertz CT molecular complexity index is 349. The van der Waals surface area contributed by atoms with Gasteiger partial charge in [-0.05, 0) is 26.7 Å². The van der Waals surface area contributed by atoms with Crippen molar-refractivity contribution in [3.8, 4) is 0 Å². The van der Waals surface area contributed by atoms with Gasteiger partial charge < -0.3 is 15.7 Å². The van der Waals surface area contributed by atoms with Gasteiger partial charge in [0, 0.05) is 12.6 Å².